The fourth-order valence-electron chi connectivity index (χ4n) is 3.27. The number of aryl methyl sites for hydroxylation is 1. The lowest BCUT2D eigenvalue weighted by Crippen LogP contribution is -2.24. The molecule has 2 nitrogen and oxygen atoms in total. The van der Waals surface area contributed by atoms with Gasteiger partial charge in [-0.25, -0.2) is 13.8 Å². The summed E-state index contributed by atoms with van der Waals surface area (Å²) >= 11 is 0. The zero-order valence-corrected chi connectivity index (χ0v) is 10.8. The van der Waals surface area contributed by atoms with E-state index in [0.717, 1.165) is 12.2 Å². The summed E-state index contributed by atoms with van der Waals surface area (Å²) in [5.41, 5.74) is 2.44. The molecule has 2 aliphatic carbocycles. The normalized spacial score (nSPS) is 28.1. The summed E-state index contributed by atoms with van der Waals surface area (Å²) < 4.78 is 26.3. The van der Waals surface area contributed by atoms with Crippen molar-refractivity contribution in [3.05, 3.63) is 17.2 Å². The average molecular weight is 254 g/mol. The van der Waals surface area contributed by atoms with Crippen molar-refractivity contribution in [2.75, 3.05) is 0 Å². The fraction of sp³-hybridized carbons (Fsp3) is 0.786. The van der Waals surface area contributed by atoms with Gasteiger partial charge in [0, 0.05) is 30.4 Å². The maximum Gasteiger partial charge on any atom is 0.248 e. The molecular weight excluding hydrogens is 234 g/mol. The summed E-state index contributed by atoms with van der Waals surface area (Å²) in [5, 5.41) is 0. The van der Waals surface area contributed by atoms with E-state index >= 15 is 0 Å². The predicted molar refractivity (Wildman–Crippen MR) is 66.1 cm³/mol. The summed E-state index contributed by atoms with van der Waals surface area (Å²) in [6.45, 7) is 2.21. The molecule has 1 unspecified atom stereocenters. The van der Waals surface area contributed by atoms with Crippen molar-refractivity contribution < 1.29 is 8.78 Å². The Morgan fingerprint density at radius 3 is 2.61 bits per heavy atom. The first-order chi connectivity index (χ1) is 8.55. The van der Waals surface area contributed by atoms with Crippen molar-refractivity contribution in [2.24, 2.45) is 0 Å². The minimum absolute atomic E-state index is 0.0125. The number of rotatable bonds is 1. The Morgan fingerprint density at radius 2 is 1.94 bits per heavy atom. The third-order valence-corrected chi connectivity index (χ3v) is 4.46. The third-order valence-electron chi connectivity index (χ3n) is 4.46. The Balaban J connectivity index is 1.78. The summed E-state index contributed by atoms with van der Waals surface area (Å²) in [4.78, 5) is 8.11. The lowest BCUT2D eigenvalue weighted by Gasteiger charge is -2.26. The number of H-pyrrole nitrogens is 1. The van der Waals surface area contributed by atoms with E-state index in [0.29, 0.717) is 18.8 Å². The first-order valence-electron chi connectivity index (χ1n) is 7.02. The third kappa shape index (κ3) is 2.17. The Morgan fingerprint density at radius 1 is 1.22 bits per heavy atom. The highest BCUT2D eigenvalue weighted by Crippen LogP contribution is 2.41. The van der Waals surface area contributed by atoms with E-state index in [-0.39, 0.29) is 18.8 Å². The molecule has 100 valence electrons. The molecule has 1 saturated carbocycles. The molecule has 3 rings (SSSR count). The van der Waals surface area contributed by atoms with Crippen molar-refractivity contribution in [2.45, 2.75) is 69.6 Å². The molecule has 18 heavy (non-hydrogen) atoms. The first-order valence-corrected chi connectivity index (χ1v) is 7.02. The Labute approximate surface area is 106 Å². The van der Waals surface area contributed by atoms with Crippen LogP contribution < -0.4 is 0 Å². The van der Waals surface area contributed by atoms with E-state index in [1.54, 1.807) is 0 Å². The van der Waals surface area contributed by atoms with Crippen LogP contribution in [0.3, 0.4) is 0 Å². The molecule has 1 aromatic rings. The molecule has 0 radical (unpaired) electrons. The van der Waals surface area contributed by atoms with E-state index in [1.165, 1.54) is 24.2 Å². The molecule has 1 atom stereocenters. The maximum absolute atomic E-state index is 13.2. The summed E-state index contributed by atoms with van der Waals surface area (Å²) in [7, 11) is 0. The SMILES string of the molecule is CC1CCCc2[nH]c(C3CCC(F)(F)CC3)nc21. The number of aromatic nitrogens is 2. The lowest BCUT2D eigenvalue weighted by atomic mass is 9.86. The average Bonchev–Trinajstić information content (AvgIpc) is 2.74. The monoisotopic (exact) mass is 254 g/mol. The largest absolute Gasteiger partial charge is 0.345 e. The van der Waals surface area contributed by atoms with Gasteiger partial charge in [-0.05, 0) is 32.1 Å². The highest BCUT2D eigenvalue weighted by atomic mass is 19.3. The number of aromatic amines is 1. The van der Waals surface area contributed by atoms with Gasteiger partial charge < -0.3 is 4.98 Å². The number of fused-ring (bicyclic) bond motifs is 1. The molecule has 0 amide bonds. The molecule has 4 heteroatoms. The van der Waals surface area contributed by atoms with Crippen LogP contribution in [0.4, 0.5) is 8.78 Å². The summed E-state index contributed by atoms with van der Waals surface area (Å²) in [6.07, 6.45) is 4.62. The molecule has 0 aromatic carbocycles. The molecule has 1 aromatic heterocycles. The smallest absolute Gasteiger partial charge is 0.248 e. The first kappa shape index (κ1) is 12.1. The Kier molecular flexibility index (Phi) is 2.91. The van der Waals surface area contributed by atoms with Crippen LogP contribution in [0.25, 0.3) is 0 Å². The van der Waals surface area contributed by atoms with Gasteiger partial charge in [0.15, 0.2) is 0 Å². The van der Waals surface area contributed by atoms with Crippen LogP contribution in [0, 0.1) is 0 Å². The van der Waals surface area contributed by atoms with Gasteiger partial charge in [-0.2, -0.15) is 0 Å². The molecule has 0 bridgehead atoms. The van der Waals surface area contributed by atoms with Crippen LogP contribution in [0.15, 0.2) is 0 Å². The zero-order valence-electron chi connectivity index (χ0n) is 10.8. The molecular formula is C14H20F2N2. The second kappa shape index (κ2) is 4.32. The number of halogens is 2. The van der Waals surface area contributed by atoms with Gasteiger partial charge in [0.05, 0.1) is 5.69 Å². The number of nitrogens with zero attached hydrogens (tertiary/aromatic N) is 1. The van der Waals surface area contributed by atoms with Gasteiger partial charge in [-0.3, -0.25) is 0 Å². The van der Waals surface area contributed by atoms with Gasteiger partial charge in [0.25, 0.3) is 0 Å². The number of hydrogen-bond donors (Lipinski definition) is 1. The van der Waals surface area contributed by atoms with E-state index < -0.39 is 5.92 Å². The molecule has 1 N–H and O–H groups in total. The van der Waals surface area contributed by atoms with Crippen molar-refractivity contribution in [3.8, 4) is 0 Å². The molecule has 0 saturated heterocycles. The Hall–Kier alpha value is -0.930. The molecule has 0 aliphatic heterocycles. The van der Waals surface area contributed by atoms with Crippen LogP contribution in [0.2, 0.25) is 0 Å². The number of hydrogen-bond acceptors (Lipinski definition) is 1. The van der Waals surface area contributed by atoms with Gasteiger partial charge in [0.1, 0.15) is 5.82 Å². The second-order valence-electron chi connectivity index (χ2n) is 5.91. The molecule has 1 fully saturated rings. The summed E-state index contributed by atoms with van der Waals surface area (Å²) in [5.74, 6) is -0.758. The Bertz CT molecular complexity index is 429. The highest BCUT2D eigenvalue weighted by Gasteiger charge is 2.36. The van der Waals surface area contributed by atoms with E-state index in [4.69, 9.17) is 4.98 Å². The predicted octanol–water partition coefficient (Wildman–Crippen LogP) is 4.14. The van der Waals surface area contributed by atoms with Gasteiger partial charge in [-0.1, -0.05) is 6.92 Å². The minimum Gasteiger partial charge on any atom is -0.345 e. The van der Waals surface area contributed by atoms with Gasteiger partial charge >= 0.3 is 0 Å². The molecule has 2 aliphatic rings. The van der Waals surface area contributed by atoms with Crippen molar-refractivity contribution >= 4 is 0 Å². The van der Waals surface area contributed by atoms with Crippen LogP contribution in [-0.4, -0.2) is 15.9 Å². The maximum atomic E-state index is 13.2. The van der Waals surface area contributed by atoms with Crippen LogP contribution in [0.1, 0.15) is 74.5 Å². The summed E-state index contributed by atoms with van der Waals surface area (Å²) in [6, 6.07) is 0. The van der Waals surface area contributed by atoms with E-state index in [2.05, 4.69) is 11.9 Å². The molecule has 0 spiro atoms. The van der Waals surface area contributed by atoms with Crippen LogP contribution in [0.5, 0.6) is 0 Å². The number of alkyl halides is 2. The van der Waals surface area contributed by atoms with Gasteiger partial charge in [0.2, 0.25) is 5.92 Å². The lowest BCUT2D eigenvalue weighted by molar-refractivity contribution is -0.0387. The van der Waals surface area contributed by atoms with E-state index in [1.807, 2.05) is 0 Å². The van der Waals surface area contributed by atoms with Crippen LogP contribution >= 0.6 is 0 Å². The standard InChI is InChI=1S/C14H20F2N2/c1-9-3-2-4-11-12(9)18-13(17-11)10-5-7-14(15,16)8-6-10/h9-10H,2-8H2,1H3,(H,17,18). The second-order valence-corrected chi connectivity index (χ2v) is 5.91. The van der Waals surface area contributed by atoms with E-state index in [9.17, 15) is 8.78 Å². The number of nitrogens with one attached hydrogen (secondary N) is 1. The van der Waals surface area contributed by atoms with Crippen LogP contribution in [-0.2, 0) is 6.42 Å². The van der Waals surface area contributed by atoms with Gasteiger partial charge in [-0.15, -0.1) is 0 Å². The topological polar surface area (TPSA) is 28.7 Å². The minimum atomic E-state index is -2.45. The molecule has 1 heterocycles. The number of imidazole rings is 1. The fourth-order valence-corrected chi connectivity index (χ4v) is 3.27. The van der Waals surface area contributed by atoms with Crippen molar-refractivity contribution in [3.63, 3.8) is 0 Å². The highest BCUT2D eigenvalue weighted by molar-refractivity contribution is 5.23. The zero-order chi connectivity index (χ0) is 12.8. The quantitative estimate of drug-likeness (QED) is 0.801. The van der Waals surface area contributed by atoms with Crippen molar-refractivity contribution in [1.29, 1.82) is 0 Å². The van der Waals surface area contributed by atoms with Crippen molar-refractivity contribution in [1.82, 2.24) is 9.97 Å².